The molecule has 0 heterocycles. The van der Waals surface area contributed by atoms with Gasteiger partial charge in [-0.3, -0.25) is 14.4 Å². The van der Waals surface area contributed by atoms with Gasteiger partial charge in [0.05, 0.1) is 6.04 Å². The monoisotopic (exact) mass is 442 g/mol. The van der Waals surface area contributed by atoms with Crippen LogP contribution in [0.4, 0.5) is 0 Å². The van der Waals surface area contributed by atoms with Crippen LogP contribution < -0.4 is 21.7 Å². The van der Waals surface area contributed by atoms with E-state index in [0.717, 1.165) is 6.42 Å². The third-order valence-corrected chi connectivity index (χ3v) is 5.38. The van der Waals surface area contributed by atoms with Crippen LogP contribution in [0.3, 0.4) is 0 Å². The number of aliphatic carboxylic acids is 1. The molecule has 0 aliphatic carbocycles. The number of carbonyl (C=O) groups excluding carboxylic acids is 3. The Morgan fingerprint density at radius 1 is 0.774 bits per heavy atom. The summed E-state index contributed by atoms with van der Waals surface area (Å²) in [4.78, 5) is 49.7. The molecule has 0 bridgehead atoms. The summed E-state index contributed by atoms with van der Waals surface area (Å²) in [5, 5.41) is 17.3. The molecule has 0 fully saturated rings. The zero-order valence-electron chi connectivity index (χ0n) is 20.2. The molecular formula is C22H42N4O5. The van der Waals surface area contributed by atoms with Crippen molar-refractivity contribution in [3.63, 3.8) is 0 Å². The Balaban J connectivity index is 5.46. The van der Waals surface area contributed by atoms with Gasteiger partial charge in [0.1, 0.15) is 18.1 Å². The fourth-order valence-electron chi connectivity index (χ4n) is 3.03. The molecular weight excluding hydrogens is 400 g/mol. The molecule has 5 atom stereocenters. The van der Waals surface area contributed by atoms with Crippen LogP contribution in [0, 0.1) is 23.7 Å². The van der Waals surface area contributed by atoms with Crippen molar-refractivity contribution in [1.82, 2.24) is 16.0 Å². The lowest BCUT2D eigenvalue weighted by Gasteiger charge is -2.28. The molecule has 9 nitrogen and oxygen atoms in total. The highest BCUT2D eigenvalue weighted by Crippen LogP contribution is 2.11. The smallest absolute Gasteiger partial charge is 0.326 e. The summed E-state index contributed by atoms with van der Waals surface area (Å²) in [5.41, 5.74) is 5.98. The number of rotatable bonds is 13. The van der Waals surface area contributed by atoms with Crippen molar-refractivity contribution in [2.75, 3.05) is 0 Å². The topological polar surface area (TPSA) is 151 Å². The van der Waals surface area contributed by atoms with Crippen molar-refractivity contribution >= 4 is 23.7 Å². The lowest BCUT2D eigenvalue weighted by atomic mass is 9.96. The molecule has 0 aromatic heterocycles. The molecule has 0 spiro atoms. The van der Waals surface area contributed by atoms with Crippen molar-refractivity contribution < 1.29 is 24.3 Å². The minimum atomic E-state index is -1.13. The molecule has 0 aliphatic rings. The highest BCUT2D eigenvalue weighted by molar-refractivity contribution is 5.94. The summed E-state index contributed by atoms with van der Waals surface area (Å²) < 4.78 is 0. The fourth-order valence-corrected chi connectivity index (χ4v) is 3.03. The first-order valence-electron chi connectivity index (χ1n) is 11.1. The van der Waals surface area contributed by atoms with E-state index in [4.69, 9.17) is 5.73 Å². The molecule has 0 aromatic rings. The van der Waals surface area contributed by atoms with Crippen LogP contribution in [0.15, 0.2) is 0 Å². The average molecular weight is 443 g/mol. The van der Waals surface area contributed by atoms with E-state index in [1.54, 1.807) is 27.7 Å². The fraction of sp³-hybridized carbons (Fsp3) is 0.818. The van der Waals surface area contributed by atoms with Crippen LogP contribution in [0.1, 0.15) is 68.2 Å². The van der Waals surface area contributed by atoms with Crippen molar-refractivity contribution in [3.8, 4) is 0 Å². The highest BCUT2D eigenvalue weighted by atomic mass is 16.4. The Kier molecular flexibility index (Phi) is 12.4. The number of amides is 3. The largest absolute Gasteiger partial charge is 0.480 e. The van der Waals surface area contributed by atoms with E-state index in [1.807, 2.05) is 27.7 Å². The van der Waals surface area contributed by atoms with Gasteiger partial charge in [0.15, 0.2) is 0 Å². The molecule has 9 heteroatoms. The van der Waals surface area contributed by atoms with Crippen LogP contribution in [-0.2, 0) is 19.2 Å². The number of carboxylic acids is 1. The van der Waals surface area contributed by atoms with Gasteiger partial charge in [-0.1, -0.05) is 61.8 Å². The van der Waals surface area contributed by atoms with Gasteiger partial charge in [0, 0.05) is 0 Å². The summed E-state index contributed by atoms with van der Waals surface area (Å²) in [6.45, 7) is 14.6. The van der Waals surface area contributed by atoms with Crippen LogP contribution >= 0.6 is 0 Å². The third kappa shape index (κ3) is 9.67. The number of nitrogens with two attached hydrogens (primary N) is 1. The van der Waals surface area contributed by atoms with Crippen molar-refractivity contribution in [3.05, 3.63) is 0 Å². The van der Waals surface area contributed by atoms with Gasteiger partial charge in [-0.05, 0) is 30.1 Å². The zero-order valence-corrected chi connectivity index (χ0v) is 20.2. The summed E-state index contributed by atoms with van der Waals surface area (Å²) in [5.74, 6) is -3.14. The summed E-state index contributed by atoms with van der Waals surface area (Å²) >= 11 is 0. The second-order valence-electron chi connectivity index (χ2n) is 9.40. The summed E-state index contributed by atoms with van der Waals surface area (Å²) in [7, 11) is 0. The molecule has 31 heavy (non-hydrogen) atoms. The standard InChI is InChI=1S/C22H42N4O5/c1-9-14(8)16(23)20(28)25-17(12(4)5)21(29)24-15(10-11(2)3)19(27)26-18(13(6)7)22(30)31/h11-18H,9-10,23H2,1-8H3,(H,24,29)(H,25,28)(H,26,27)(H,30,31). The van der Waals surface area contributed by atoms with Crippen molar-refractivity contribution in [1.29, 1.82) is 0 Å². The lowest BCUT2D eigenvalue weighted by Crippen LogP contribution is -2.59. The minimum Gasteiger partial charge on any atom is -0.480 e. The predicted molar refractivity (Wildman–Crippen MR) is 120 cm³/mol. The lowest BCUT2D eigenvalue weighted by molar-refractivity contribution is -0.143. The van der Waals surface area contributed by atoms with Crippen molar-refractivity contribution in [2.45, 2.75) is 92.4 Å². The molecule has 0 aromatic carbocycles. The minimum absolute atomic E-state index is 0.0423. The Bertz CT molecular complexity index is 621. The van der Waals surface area contributed by atoms with Gasteiger partial charge in [-0.2, -0.15) is 0 Å². The van der Waals surface area contributed by atoms with E-state index in [2.05, 4.69) is 16.0 Å². The third-order valence-electron chi connectivity index (χ3n) is 5.38. The van der Waals surface area contributed by atoms with E-state index in [-0.39, 0.29) is 23.7 Å². The maximum atomic E-state index is 13.0. The molecule has 0 saturated carbocycles. The second kappa shape index (κ2) is 13.3. The van der Waals surface area contributed by atoms with Crippen molar-refractivity contribution in [2.24, 2.45) is 29.4 Å². The highest BCUT2D eigenvalue weighted by Gasteiger charge is 2.33. The average Bonchev–Trinajstić information content (AvgIpc) is 2.66. The van der Waals surface area contributed by atoms with Gasteiger partial charge in [-0.15, -0.1) is 0 Å². The first kappa shape index (κ1) is 28.8. The Labute approximate surface area is 186 Å². The zero-order chi connectivity index (χ0) is 24.5. The SMILES string of the molecule is CCC(C)C(N)C(=O)NC(C(=O)NC(CC(C)C)C(=O)NC(C(=O)O)C(C)C)C(C)C. The van der Waals surface area contributed by atoms with Gasteiger partial charge in [0.25, 0.3) is 0 Å². The maximum Gasteiger partial charge on any atom is 0.326 e. The van der Waals surface area contributed by atoms with E-state index < -0.39 is 47.9 Å². The van der Waals surface area contributed by atoms with Gasteiger partial charge in [0.2, 0.25) is 17.7 Å². The number of hydrogen-bond acceptors (Lipinski definition) is 5. The molecule has 0 rings (SSSR count). The van der Waals surface area contributed by atoms with Crippen LogP contribution in [0.25, 0.3) is 0 Å². The molecule has 0 aliphatic heterocycles. The first-order valence-corrected chi connectivity index (χ1v) is 11.1. The predicted octanol–water partition coefficient (Wildman–Crippen LogP) is 1.26. The van der Waals surface area contributed by atoms with E-state index >= 15 is 0 Å². The molecule has 0 radical (unpaired) electrons. The van der Waals surface area contributed by atoms with Crippen LogP contribution in [0.5, 0.6) is 0 Å². The maximum absolute atomic E-state index is 13.0. The Morgan fingerprint density at radius 2 is 1.26 bits per heavy atom. The summed E-state index contributed by atoms with van der Waals surface area (Å²) in [6.07, 6.45) is 1.05. The van der Waals surface area contributed by atoms with Crippen LogP contribution in [0.2, 0.25) is 0 Å². The molecule has 0 saturated heterocycles. The number of nitrogens with one attached hydrogen (secondary N) is 3. The molecule has 3 amide bonds. The number of carboxylic acid groups (broad SMARTS) is 1. The normalized spacial score (nSPS) is 16.4. The Hall–Kier alpha value is -2.16. The van der Waals surface area contributed by atoms with Gasteiger partial charge in [-0.25, -0.2) is 4.79 Å². The summed E-state index contributed by atoms with van der Waals surface area (Å²) in [6, 6.07) is -3.59. The van der Waals surface area contributed by atoms with E-state index in [1.165, 1.54) is 0 Å². The Morgan fingerprint density at radius 3 is 1.65 bits per heavy atom. The second-order valence-corrected chi connectivity index (χ2v) is 9.40. The molecule has 5 unspecified atom stereocenters. The van der Waals surface area contributed by atoms with E-state index in [9.17, 15) is 24.3 Å². The van der Waals surface area contributed by atoms with Gasteiger partial charge < -0.3 is 26.8 Å². The first-order chi connectivity index (χ1) is 14.2. The van der Waals surface area contributed by atoms with Crippen LogP contribution in [-0.4, -0.2) is 53.0 Å². The number of hydrogen-bond donors (Lipinski definition) is 5. The quantitative estimate of drug-likeness (QED) is 0.290. The number of carbonyl (C=O) groups is 4. The van der Waals surface area contributed by atoms with Gasteiger partial charge >= 0.3 is 5.97 Å². The molecule has 6 N–H and O–H groups in total. The molecule has 180 valence electrons. The van der Waals surface area contributed by atoms with E-state index in [0.29, 0.717) is 6.42 Å².